The zero-order valence-corrected chi connectivity index (χ0v) is 16.2. The number of aryl methyl sites for hydroxylation is 1. The lowest BCUT2D eigenvalue weighted by molar-refractivity contribution is 0.280. The zero-order chi connectivity index (χ0) is 18.9. The third-order valence-corrected chi connectivity index (χ3v) is 4.41. The molecule has 0 saturated heterocycles. The van der Waals surface area contributed by atoms with Crippen molar-refractivity contribution >= 4 is 11.6 Å². The molecule has 3 aromatic rings. The minimum atomic E-state index is 0.479. The number of ether oxygens (including phenoxy) is 2. The lowest BCUT2D eigenvalue weighted by Gasteiger charge is -2.16. The molecule has 0 unspecified atom stereocenters. The Morgan fingerprint density at radius 2 is 2.04 bits per heavy atom. The predicted molar refractivity (Wildman–Crippen MR) is 107 cm³/mol. The average molecular weight is 386 g/mol. The summed E-state index contributed by atoms with van der Waals surface area (Å²) in [5, 5.41) is 4.09. The van der Waals surface area contributed by atoms with Crippen molar-refractivity contribution < 1.29 is 9.47 Å². The van der Waals surface area contributed by atoms with Crippen LogP contribution >= 0.6 is 11.6 Å². The van der Waals surface area contributed by atoms with Crippen LogP contribution in [0, 0.1) is 0 Å². The number of nitrogens with one attached hydrogen (secondary N) is 1. The molecule has 0 aliphatic carbocycles. The molecular weight excluding hydrogens is 362 g/mol. The minimum absolute atomic E-state index is 0.479. The van der Waals surface area contributed by atoms with Gasteiger partial charge in [-0.15, -0.1) is 0 Å². The van der Waals surface area contributed by atoms with Crippen LogP contribution in [0.15, 0.2) is 61.2 Å². The summed E-state index contributed by atoms with van der Waals surface area (Å²) < 4.78 is 13.6. The summed E-state index contributed by atoms with van der Waals surface area (Å²) in [6.45, 7) is 2.95. The van der Waals surface area contributed by atoms with Crippen LogP contribution in [0.3, 0.4) is 0 Å². The Labute approximate surface area is 164 Å². The predicted octanol–water partition coefficient (Wildman–Crippen LogP) is 4.30. The monoisotopic (exact) mass is 385 g/mol. The third-order valence-electron chi connectivity index (χ3n) is 4.19. The molecule has 3 rings (SSSR count). The summed E-state index contributed by atoms with van der Waals surface area (Å²) in [5.74, 6) is 1.38. The molecule has 6 heteroatoms. The topological polar surface area (TPSA) is 48.3 Å². The van der Waals surface area contributed by atoms with Gasteiger partial charge >= 0.3 is 0 Å². The summed E-state index contributed by atoms with van der Waals surface area (Å²) in [6.07, 6.45) is 6.60. The molecule has 5 nitrogen and oxygen atoms in total. The van der Waals surface area contributed by atoms with Crippen molar-refractivity contribution in [2.75, 3.05) is 13.7 Å². The molecule has 0 bridgehead atoms. The van der Waals surface area contributed by atoms with E-state index in [0.29, 0.717) is 23.9 Å². The summed E-state index contributed by atoms with van der Waals surface area (Å²) in [4.78, 5) is 4.05. The molecule has 0 spiro atoms. The second-order valence-corrected chi connectivity index (χ2v) is 6.64. The van der Waals surface area contributed by atoms with E-state index >= 15 is 0 Å². The molecule has 0 aliphatic heterocycles. The highest BCUT2D eigenvalue weighted by molar-refractivity contribution is 6.30. The van der Waals surface area contributed by atoms with Crippen LogP contribution in [0.2, 0.25) is 5.02 Å². The summed E-state index contributed by atoms with van der Waals surface area (Å²) in [6, 6.07) is 13.8. The first-order chi connectivity index (χ1) is 13.3. The molecule has 0 atom stereocenters. The maximum atomic E-state index is 6.25. The Bertz CT molecular complexity index is 823. The third kappa shape index (κ3) is 5.74. The maximum Gasteiger partial charge on any atom is 0.166 e. The first kappa shape index (κ1) is 19.3. The second kappa shape index (κ2) is 10.00. The van der Waals surface area contributed by atoms with Crippen molar-refractivity contribution in [2.24, 2.45) is 0 Å². The van der Waals surface area contributed by atoms with E-state index < -0.39 is 0 Å². The highest BCUT2D eigenvalue weighted by atomic mass is 35.5. The van der Waals surface area contributed by atoms with Gasteiger partial charge in [0.15, 0.2) is 11.5 Å². The Morgan fingerprint density at radius 3 is 2.78 bits per heavy atom. The minimum Gasteiger partial charge on any atom is -0.493 e. The largest absolute Gasteiger partial charge is 0.493 e. The number of rotatable bonds is 10. The van der Waals surface area contributed by atoms with Crippen LogP contribution in [0.1, 0.15) is 17.5 Å². The first-order valence-corrected chi connectivity index (χ1v) is 9.33. The van der Waals surface area contributed by atoms with E-state index in [4.69, 9.17) is 21.1 Å². The number of nitrogens with zero attached hydrogens (tertiary/aromatic N) is 2. The smallest absolute Gasteiger partial charge is 0.166 e. The molecule has 0 aliphatic rings. The van der Waals surface area contributed by atoms with E-state index in [-0.39, 0.29) is 0 Å². The quantitative estimate of drug-likeness (QED) is 0.528. The Hall–Kier alpha value is -2.50. The molecule has 142 valence electrons. The lowest BCUT2D eigenvalue weighted by atomic mass is 10.1. The molecule has 1 N–H and O–H groups in total. The Morgan fingerprint density at radius 1 is 1.19 bits per heavy atom. The standard InChI is InChI=1S/C21H24ClN3O2/c1-26-20-13-19(22)12-18(14-23-8-5-10-25-11-9-24-16-25)21(20)27-15-17-6-3-2-4-7-17/h2-4,6-7,9,11-13,16,23H,5,8,10,14-15H2,1H3. The SMILES string of the molecule is COc1cc(Cl)cc(CNCCCn2ccnc2)c1OCc1ccccc1. The van der Waals surface area contributed by atoms with Crippen molar-refractivity contribution in [1.29, 1.82) is 0 Å². The van der Waals surface area contributed by atoms with E-state index in [1.165, 1.54) is 0 Å². The van der Waals surface area contributed by atoms with E-state index in [2.05, 4.69) is 14.9 Å². The van der Waals surface area contributed by atoms with Crippen molar-refractivity contribution in [3.05, 3.63) is 77.3 Å². The number of aromatic nitrogens is 2. The Kier molecular flexibility index (Phi) is 7.13. The van der Waals surface area contributed by atoms with Gasteiger partial charge in [-0.1, -0.05) is 41.9 Å². The van der Waals surface area contributed by atoms with Gasteiger partial charge in [0.2, 0.25) is 0 Å². The number of halogens is 1. The summed E-state index contributed by atoms with van der Waals surface area (Å²) >= 11 is 6.25. The van der Waals surface area contributed by atoms with Crippen molar-refractivity contribution in [1.82, 2.24) is 14.9 Å². The van der Waals surface area contributed by atoms with E-state index in [1.807, 2.05) is 48.9 Å². The molecule has 1 heterocycles. The lowest BCUT2D eigenvalue weighted by Crippen LogP contribution is -2.17. The second-order valence-electron chi connectivity index (χ2n) is 6.20. The van der Waals surface area contributed by atoms with Gasteiger partial charge in [-0.3, -0.25) is 0 Å². The number of hydrogen-bond acceptors (Lipinski definition) is 4. The van der Waals surface area contributed by atoms with Gasteiger partial charge in [-0.05, 0) is 24.6 Å². The highest BCUT2D eigenvalue weighted by Crippen LogP contribution is 2.35. The molecule has 0 fully saturated rings. The van der Waals surface area contributed by atoms with E-state index in [9.17, 15) is 0 Å². The maximum absolute atomic E-state index is 6.25. The van der Waals surface area contributed by atoms with Gasteiger partial charge in [0, 0.05) is 42.1 Å². The molecule has 0 saturated carbocycles. The fourth-order valence-corrected chi connectivity index (χ4v) is 3.06. The van der Waals surface area contributed by atoms with Crippen molar-refractivity contribution in [3.8, 4) is 11.5 Å². The van der Waals surface area contributed by atoms with Gasteiger partial charge < -0.3 is 19.4 Å². The molecule has 1 aromatic heterocycles. The van der Waals surface area contributed by atoms with Crippen LogP contribution in [0.4, 0.5) is 0 Å². The van der Waals surface area contributed by atoms with E-state index in [1.54, 1.807) is 19.4 Å². The van der Waals surface area contributed by atoms with Gasteiger partial charge in [0.25, 0.3) is 0 Å². The molecule has 0 radical (unpaired) electrons. The van der Waals surface area contributed by atoms with Crippen LogP contribution in [-0.2, 0) is 19.7 Å². The molecule has 2 aromatic carbocycles. The van der Waals surface area contributed by atoms with Crippen LogP contribution in [0.25, 0.3) is 0 Å². The normalized spacial score (nSPS) is 10.7. The van der Waals surface area contributed by atoms with Crippen molar-refractivity contribution in [3.63, 3.8) is 0 Å². The fraction of sp³-hybridized carbons (Fsp3) is 0.286. The van der Waals surface area contributed by atoms with Crippen molar-refractivity contribution in [2.45, 2.75) is 26.1 Å². The summed E-state index contributed by atoms with van der Waals surface area (Å²) in [5.41, 5.74) is 2.09. The number of hydrogen-bond donors (Lipinski definition) is 1. The average Bonchev–Trinajstić information content (AvgIpc) is 3.20. The Balaban J connectivity index is 1.60. The molecule has 27 heavy (non-hydrogen) atoms. The van der Waals surface area contributed by atoms with Crippen LogP contribution in [-0.4, -0.2) is 23.2 Å². The molecule has 0 amide bonds. The summed E-state index contributed by atoms with van der Waals surface area (Å²) in [7, 11) is 1.63. The number of methoxy groups -OCH3 is 1. The first-order valence-electron chi connectivity index (χ1n) is 8.96. The van der Waals surface area contributed by atoms with Gasteiger partial charge in [0.05, 0.1) is 13.4 Å². The van der Waals surface area contributed by atoms with Gasteiger partial charge in [0.1, 0.15) is 6.61 Å². The molecular formula is C21H24ClN3O2. The highest BCUT2D eigenvalue weighted by Gasteiger charge is 2.13. The van der Waals surface area contributed by atoms with Gasteiger partial charge in [-0.2, -0.15) is 0 Å². The number of imidazole rings is 1. The van der Waals surface area contributed by atoms with Gasteiger partial charge in [-0.25, -0.2) is 4.98 Å². The van der Waals surface area contributed by atoms with Crippen LogP contribution < -0.4 is 14.8 Å². The van der Waals surface area contributed by atoms with E-state index in [0.717, 1.165) is 36.4 Å². The fourth-order valence-electron chi connectivity index (χ4n) is 2.83. The zero-order valence-electron chi connectivity index (χ0n) is 15.4. The number of benzene rings is 2. The van der Waals surface area contributed by atoms with Crippen LogP contribution in [0.5, 0.6) is 11.5 Å².